The molecular formula is C41H61NO10. The molecule has 10 aliphatic rings. The zero-order chi connectivity index (χ0) is 36.1. The summed E-state index contributed by atoms with van der Waals surface area (Å²) in [6, 6.07) is 0. The van der Waals surface area contributed by atoms with E-state index in [-0.39, 0.29) is 104 Å². The number of hydrogen-bond acceptors (Lipinski definition) is 11. The standard InChI is InChI=1S/C41H61NO10/c1-20-12-26-6-8-30-21(2)13-28(45-30)10-11-41-19-40(5)39(52-41)38-37(50-40)36(51-41)35-31(49-38)9-7-27(47-35)14-24(43)15-29-23(4)32(16-25(44)18-42)48-34(29)17-33(46-26)22(20)3/h20,23,25-39,44H,2-3,6-19,42H2,1,4-5H3/t20-,23-,25+,26+,27?,28+,29?,30?,31+,32?,33?,34+,35+,36+,37+,38-,39-,40+,41-/m1/s1. The zero-order valence-corrected chi connectivity index (χ0v) is 31.3. The van der Waals surface area contributed by atoms with E-state index >= 15 is 0 Å². The summed E-state index contributed by atoms with van der Waals surface area (Å²) in [6.45, 7) is 15.6. The van der Waals surface area contributed by atoms with E-state index in [1.54, 1.807) is 0 Å². The Hall–Kier alpha value is -1.25. The van der Waals surface area contributed by atoms with Crippen LogP contribution in [0.4, 0.5) is 0 Å². The van der Waals surface area contributed by atoms with Crippen molar-refractivity contribution >= 4 is 5.78 Å². The van der Waals surface area contributed by atoms with Gasteiger partial charge in [-0.1, -0.05) is 27.0 Å². The van der Waals surface area contributed by atoms with Gasteiger partial charge >= 0.3 is 0 Å². The van der Waals surface area contributed by atoms with Crippen molar-refractivity contribution in [2.24, 2.45) is 23.5 Å². The van der Waals surface area contributed by atoms with Crippen molar-refractivity contribution in [3.63, 3.8) is 0 Å². The molecule has 10 heterocycles. The van der Waals surface area contributed by atoms with Crippen LogP contribution in [0.1, 0.15) is 104 Å². The van der Waals surface area contributed by atoms with Gasteiger partial charge < -0.3 is 48.7 Å². The molecule has 12 bridgehead atoms. The van der Waals surface area contributed by atoms with Gasteiger partial charge in [0.1, 0.15) is 41.9 Å². The van der Waals surface area contributed by atoms with E-state index in [0.29, 0.717) is 44.4 Å². The number of carbonyl (C=O) groups excluding carboxylic acids is 1. The maximum Gasteiger partial charge on any atom is 0.172 e. The molecule has 10 fully saturated rings. The van der Waals surface area contributed by atoms with Crippen molar-refractivity contribution in [1.29, 1.82) is 0 Å². The highest BCUT2D eigenvalue weighted by atomic mass is 16.8. The SMILES string of the molecule is C=C1C[C@@H]2CC[C@@]34C[C@]5(C)O[C@H]6[C@@H](O3)[C@H]3OC(CC[C@@H]3O[C@H]6[C@H]5O4)CC(=O)CC3[C@@H](C)C(C[C@H](O)CN)O[C@H]3CC3O[C@@H](CCC1O2)C[C@@H](C)C3=C. The third-order valence-corrected chi connectivity index (χ3v) is 14.6. The molecule has 3 N–H and O–H groups in total. The number of hydrogen-bond donors (Lipinski definition) is 2. The second kappa shape index (κ2) is 13.7. The summed E-state index contributed by atoms with van der Waals surface area (Å²) in [4.78, 5) is 14.0. The van der Waals surface area contributed by atoms with Gasteiger partial charge in [0, 0.05) is 45.1 Å². The van der Waals surface area contributed by atoms with Gasteiger partial charge in [0.25, 0.3) is 0 Å². The highest BCUT2D eigenvalue weighted by Gasteiger charge is 2.73. The quantitative estimate of drug-likeness (QED) is 0.399. The number of nitrogens with two attached hydrogens (primary N) is 1. The Kier molecular flexibility index (Phi) is 9.62. The Morgan fingerprint density at radius 3 is 2.40 bits per heavy atom. The van der Waals surface area contributed by atoms with Gasteiger partial charge in [0.05, 0.1) is 54.9 Å². The lowest BCUT2D eigenvalue weighted by molar-refractivity contribution is -0.294. The fourth-order valence-electron chi connectivity index (χ4n) is 11.7. The van der Waals surface area contributed by atoms with Crippen LogP contribution >= 0.6 is 0 Å². The van der Waals surface area contributed by atoms with E-state index in [9.17, 15) is 9.90 Å². The van der Waals surface area contributed by atoms with Crippen LogP contribution in [0.15, 0.2) is 24.3 Å². The van der Waals surface area contributed by atoms with Crippen molar-refractivity contribution in [2.45, 2.75) is 201 Å². The molecule has 0 aromatic heterocycles. The van der Waals surface area contributed by atoms with Crippen LogP contribution in [-0.2, 0) is 42.7 Å². The molecule has 11 nitrogen and oxygen atoms in total. The number of aliphatic hydroxyl groups excluding tert-OH is 1. The van der Waals surface area contributed by atoms with Crippen molar-refractivity contribution in [1.82, 2.24) is 0 Å². The number of rotatable bonds is 3. The second-order valence-electron chi connectivity index (χ2n) is 18.3. The van der Waals surface area contributed by atoms with E-state index in [4.69, 9.17) is 43.6 Å². The van der Waals surface area contributed by atoms with Crippen LogP contribution in [0.5, 0.6) is 0 Å². The largest absolute Gasteiger partial charge is 0.392 e. The van der Waals surface area contributed by atoms with E-state index < -0.39 is 17.5 Å². The topological polar surface area (TPSA) is 137 Å². The molecule has 19 atom stereocenters. The van der Waals surface area contributed by atoms with Gasteiger partial charge in [-0.2, -0.15) is 0 Å². The molecule has 290 valence electrons. The third kappa shape index (κ3) is 6.40. The van der Waals surface area contributed by atoms with Crippen molar-refractivity contribution in [2.75, 3.05) is 6.54 Å². The van der Waals surface area contributed by atoms with Gasteiger partial charge in [0.2, 0.25) is 0 Å². The average Bonchev–Trinajstić information content (AvgIpc) is 3.73. The fourth-order valence-corrected chi connectivity index (χ4v) is 11.7. The smallest absolute Gasteiger partial charge is 0.172 e. The van der Waals surface area contributed by atoms with Gasteiger partial charge in [-0.3, -0.25) is 4.79 Å². The van der Waals surface area contributed by atoms with Crippen LogP contribution < -0.4 is 5.73 Å². The Morgan fingerprint density at radius 1 is 0.808 bits per heavy atom. The third-order valence-electron chi connectivity index (χ3n) is 14.6. The minimum Gasteiger partial charge on any atom is -0.392 e. The minimum atomic E-state index is -0.803. The molecule has 10 rings (SSSR count). The second-order valence-corrected chi connectivity index (χ2v) is 18.3. The monoisotopic (exact) mass is 727 g/mol. The van der Waals surface area contributed by atoms with Crippen molar-refractivity contribution in [3.8, 4) is 0 Å². The average molecular weight is 728 g/mol. The van der Waals surface area contributed by atoms with E-state index in [1.807, 2.05) is 0 Å². The van der Waals surface area contributed by atoms with E-state index in [0.717, 1.165) is 56.1 Å². The molecule has 0 saturated carbocycles. The van der Waals surface area contributed by atoms with Crippen LogP contribution in [0, 0.1) is 17.8 Å². The normalized spacial score (nSPS) is 53.8. The summed E-state index contributed by atoms with van der Waals surface area (Å²) in [5.41, 5.74) is 7.57. The number of fused-ring (bicyclic) bond motifs is 6. The molecular weight excluding hydrogens is 666 g/mol. The molecule has 11 heteroatoms. The summed E-state index contributed by atoms with van der Waals surface area (Å²) in [5.74, 6) is -0.272. The van der Waals surface area contributed by atoms with Crippen LogP contribution in [0.25, 0.3) is 0 Å². The molecule has 52 heavy (non-hydrogen) atoms. The number of Topliss-reactive ketones (excluding diaryl/α,β-unsaturated/α-hetero) is 1. The molecule has 0 aromatic carbocycles. The fraction of sp³-hybridized carbons (Fsp3) is 0.878. The molecule has 0 radical (unpaired) electrons. The number of ketones is 1. The molecule has 5 unspecified atom stereocenters. The maximum absolute atomic E-state index is 14.0. The zero-order valence-electron chi connectivity index (χ0n) is 31.3. The number of carbonyl (C=O) groups is 1. The lowest BCUT2D eigenvalue weighted by atomic mass is 9.78. The summed E-state index contributed by atoms with van der Waals surface area (Å²) in [6.07, 6.45) is 6.17. The first-order valence-corrected chi connectivity index (χ1v) is 20.5. The molecule has 10 saturated heterocycles. The predicted molar refractivity (Wildman–Crippen MR) is 189 cm³/mol. The van der Waals surface area contributed by atoms with Gasteiger partial charge in [0.15, 0.2) is 5.79 Å². The molecule has 0 aliphatic carbocycles. The molecule has 0 amide bonds. The molecule has 10 aliphatic heterocycles. The highest BCUT2D eigenvalue weighted by Crippen LogP contribution is 2.58. The predicted octanol–water partition coefficient (Wildman–Crippen LogP) is 4.45. The van der Waals surface area contributed by atoms with Crippen molar-refractivity contribution in [3.05, 3.63) is 24.3 Å². The first kappa shape index (κ1) is 36.4. The lowest BCUT2D eigenvalue weighted by Gasteiger charge is -2.47. The molecule has 1 spiro atoms. The van der Waals surface area contributed by atoms with Gasteiger partial charge in [-0.05, 0) is 80.8 Å². The minimum absolute atomic E-state index is 0.00566. The Morgan fingerprint density at radius 2 is 1.58 bits per heavy atom. The Balaban J connectivity index is 0.994. The van der Waals surface area contributed by atoms with Gasteiger partial charge in [-0.25, -0.2) is 0 Å². The Labute approximate surface area is 308 Å². The first-order valence-electron chi connectivity index (χ1n) is 20.5. The Bertz CT molecular complexity index is 1410. The maximum atomic E-state index is 14.0. The van der Waals surface area contributed by atoms with Gasteiger partial charge in [-0.15, -0.1) is 0 Å². The number of aliphatic hydroxyl groups is 1. The summed E-state index contributed by atoms with van der Waals surface area (Å²) < 4.78 is 54.5. The van der Waals surface area contributed by atoms with E-state index in [1.165, 1.54) is 0 Å². The summed E-state index contributed by atoms with van der Waals surface area (Å²) in [5, 5.41) is 10.5. The van der Waals surface area contributed by atoms with E-state index in [2.05, 4.69) is 33.9 Å². The van der Waals surface area contributed by atoms with Crippen LogP contribution in [0.3, 0.4) is 0 Å². The number of ether oxygens (including phenoxy) is 8. The molecule has 0 aromatic rings. The summed E-state index contributed by atoms with van der Waals surface area (Å²) in [7, 11) is 0. The first-order chi connectivity index (χ1) is 24.9. The highest BCUT2D eigenvalue weighted by molar-refractivity contribution is 5.79. The lowest BCUT2D eigenvalue weighted by Crippen LogP contribution is -2.61. The summed E-state index contributed by atoms with van der Waals surface area (Å²) >= 11 is 0. The van der Waals surface area contributed by atoms with Crippen LogP contribution in [-0.4, -0.2) is 114 Å². The van der Waals surface area contributed by atoms with Crippen molar-refractivity contribution < 1.29 is 47.8 Å². The van der Waals surface area contributed by atoms with Crippen LogP contribution in [0.2, 0.25) is 0 Å².